The molecule has 5 heteroatoms. The molecule has 1 amide bonds. The number of carbonyl (C=O) groups excluding carboxylic acids is 1. The lowest BCUT2D eigenvalue weighted by atomic mass is 9.97. The van der Waals surface area contributed by atoms with Gasteiger partial charge in [0.15, 0.2) is 0 Å². The molecule has 23 heavy (non-hydrogen) atoms. The van der Waals surface area contributed by atoms with Gasteiger partial charge in [0.2, 0.25) is 0 Å². The molecule has 0 spiro atoms. The van der Waals surface area contributed by atoms with Crippen LogP contribution in [0.15, 0.2) is 0 Å². The van der Waals surface area contributed by atoms with E-state index in [2.05, 4.69) is 5.32 Å². The molecule has 1 rings (SSSR count). The molecule has 1 aliphatic rings. The van der Waals surface area contributed by atoms with E-state index in [4.69, 9.17) is 4.74 Å². The number of ether oxygens (including phenoxy) is 1. The predicted octanol–water partition coefficient (Wildman–Crippen LogP) is 3.31. The smallest absolute Gasteiger partial charge is 0.410 e. The number of amides is 1. The molecular weight excluding hydrogens is 292 g/mol. The third-order valence-corrected chi connectivity index (χ3v) is 4.06. The number of aliphatic hydroxyl groups excluding tert-OH is 1. The van der Waals surface area contributed by atoms with Gasteiger partial charge in [-0.3, -0.25) is 0 Å². The van der Waals surface area contributed by atoms with Gasteiger partial charge >= 0.3 is 6.09 Å². The van der Waals surface area contributed by atoms with Crippen molar-refractivity contribution >= 4 is 6.09 Å². The summed E-state index contributed by atoms with van der Waals surface area (Å²) in [6, 6.07) is 0.558. The van der Waals surface area contributed by atoms with Crippen molar-refractivity contribution in [1.82, 2.24) is 10.2 Å². The zero-order valence-electron chi connectivity index (χ0n) is 15.4. The standard InChI is InChI=1S/C18H36N2O3/c1-15(21)14-20(17(22)23-18(2,3)4)13-12-19-16-10-8-6-5-7-9-11-16/h15-16,19,21H,5-14H2,1-4H3. The van der Waals surface area contributed by atoms with E-state index >= 15 is 0 Å². The predicted molar refractivity (Wildman–Crippen MR) is 93.6 cm³/mol. The van der Waals surface area contributed by atoms with Crippen LogP contribution in [0.25, 0.3) is 0 Å². The lowest BCUT2D eigenvalue weighted by Crippen LogP contribution is -2.45. The fourth-order valence-electron chi connectivity index (χ4n) is 2.97. The average Bonchev–Trinajstić information content (AvgIpc) is 2.37. The number of rotatable bonds is 6. The van der Waals surface area contributed by atoms with Crippen LogP contribution in [0.5, 0.6) is 0 Å². The summed E-state index contributed by atoms with van der Waals surface area (Å²) in [5, 5.41) is 13.2. The van der Waals surface area contributed by atoms with Crippen molar-refractivity contribution in [1.29, 1.82) is 0 Å². The van der Waals surface area contributed by atoms with E-state index in [1.54, 1.807) is 11.8 Å². The molecule has 0 aliphatic heterocycles. The highest BCUT2D eigenvalue weighted by atomic mass is 16.6. The first-order chi connectivity index (χ1) is 10.8. The number of nitrogens with one attached hydrogen (secondary N) is 1. The lowest BCUT2D eigenvalue weighted by molar-refractivity contribution is 0.0162. The lowest BCUT2D eigenvalue weighted by Gasteiger charge is -2.29. The number of hydrogen-bond acceptors (Lipinski definition) is 4. The van der Waals surface area contributed by atoms with Crippen LogP contribution in [-0.2, 0) is 4.74 Å². The van der Waals surface area contributed by atoms with Crippen molar-refractivity contribution in [2.24, 2.45) is 0 Å². The first-order valence-electron chi connectivity index (χ1n) is 9.17. The van der Waals surface area contributed by atoms with Gasteiger partial charge in [0.1, 0.15) is 5.60 Å². The highest BCUT2D eigenvalue weighted by molar-refractivity contribution is 5.68. The molecule has 5 nitrogen and oxygen atoms in total. The van der Waals surface area contributed by atoms with Crippen molar-refractivity contribution in [3.8, 4) is 0 Å². The van der Waals surface area contributed by atoms with Gasteiger partial charge in [-0.2, -0.15) is 0 Å². The molecule has 1 fully saturated rings. The van der Waals surface area contributed by atoms with E-state index in [1.165, 1.54) is 44.9 Å². The number of carbonyl (C=O) groups is 1. The van der Waals surface area contributed by atoms with Crippen molar-refractivity contribution in [2.75, 3.05) is 19.6 Å². The van der Waals surface area contributed by atoms with E-state index < -0.39 is 11.7 Å². The Morgan fingerprint density at radius 3 is 2.30 bits per heavy atom. The first kappa shape index (κ1) is 20.2. The van der Waals surface area contributed by atoms with Gasteiger partial charge in [-0.1, -0.05) is 32.1 Å². The zero-order valence-corrected chi connectivity index (χ0v) is 15.4. The van der Waals surface area contributed by atoms with Gasteiger partial charge in [-0.25, -0.2) is 4.79 Å². The highest BCUT2D eigenvalue weighted by Gasteiger charge is 2.23. The Morgan fingerprint density at radius 1 is 1.22 bits per heavy atom. The van der Waals surface area contributed by atoms with E-state index in [0.717, 1.165) is 6.54 Å². The molecule has 2 N–H and O–H groups in total. The van der Waals surface area contributed by atoms with E-state index in [1.807, 2.05) is 20.8 Å². The van der Waals surface area contributed by atoms with Gasteiger partial charge in [0.25, 0.3) is 0 Å². The molecule has 0 radical (unpaired) electrons. The first-order valence-corrected chi connectivity index (χ1v) is 9.17. The number of hydrogen-bond donors (Lipinski definition) is 2. The minimum absolute atomic E-state index is 0.307. The van der Waals surface area contributed by atoms with Crippen LogP contribution >= 0.6 is 0 Å². The Hall–Kier alpha value is -0.810. The third-order valence-electron chi connectivity index (χ3n) is 4.06. The van der Waals surface area contributed by atoms with Crippen LogP contribution in [0, 0.1) is 0 Å². The van der Waals surface area contributed by atoms with Crippen LogP contribution in [-0.4, -0.2) is 53.5 Å². The van der Waals surface area contributed by atoms with E-state index in [9.17, 15) is 9.90 Å². The van der Waals surface area contributed by atoms with Crippen molar-refractivity contribution in [3.05, 3.63) is 0 Å². The second-order valence-corrected chi connectivity index (χ2v) is 7.77. The molecule has 0 aromatic carbocycles. The summed E-state index contributed by atoms with van der Waals surface area (Å²) >= 11 is 0. The fourth-order valence-corrected chi connectivity index (χ4v) is 2.97. The maximum atomic E-state index is 12.2. The summed E-state index contributed by atoms with van der Waals surface area (Å²) in [6.07, 6.45) is 8.18. The summed E-state index contributed by atoms with van der Waals surface area (Å²) in [7, 11) is 0. The van der Waals surface area contributed by atoms with Crippen molar-refractivity contribution in [3.63, 3.8) is 0 Å². The minimum atomic E-state index is -0.552. The van der Waals surface area contributed by atoms with Crippen molar-refractivity contribution < 1.29 is 14.6 Å². The molecule has 0 bridgehead atoms. The van der Waals surface area contributed by atoms with Gasteiger partial charge in [0, 0.05) is 25.7 Å². The van der Waals surface area contributed by atoms with E-state index in [0.29, 0.717) is 19.1 Å². The molecule has 136 valence electrons. The van der Waals surface area contributed by atoms with Crippen LogP contribution < -0.4 is 5.32 Å². The summed E-state index contributed by atoms with van der Waals surface area (Å²) in [6.45, 7) is 8.89. The largest absolute Gasteiger partial charge is 0.444 e. The minimum Gasteiger partial charge on any atom is -0.444 e. The summed E-state index contributed by atoms with van der Waals surface area (Å²) in [5.41, 5.74) is -0.513. The van der Waals surface area contributed by atoms with Crippen LogP contribution in [0.4, 0.5) is 4.79 Å². The Bertz CT molecular complexity index is 332. The second kappa shape index (κ2) is 10.1. The van der Waals surface area contributed by atoms with Gasteiger partial charge < -0.3 is 20.1 Å². The van der Waals surface area contributed by atoms with Crippen LogP contribution in [0.3, 0.4) is 0 Å². The molecule has 1 aliphatic carbocycles. The van der Waals surface area contributed by atoms with Gasteiger partial charge in [-0.05, 0) is 40.5 Å². The van der Waals surface area contributed by atoms with Gasteiger partial charge in [0.05, 0.1) is 6.10 Å². The summed E-state index contributed by atoms with van der Waals surface area (Å²) in [4.78, 5) is 13.8. The molecule has 0 aromatic rings. The molecule has 1 unspecified atom stereocenters. The number of nitrogens with zero attached hydrogens (tertiary/aromatic N) is 1. The maximum Gasteiger partial charge on any atom is 0.410 e. The topological polar surface area (TPSA) is 61.8 Å². The van der Waals surface area contributed by atoms with Gasteiger partial charge in [-0.15, -0.1) is 0 Å². The number of aliphatic hydroxyl groups is 1. The average molecular weight is 328 g/mol. The molecule has 0 saturated heterocycles. The SMILES string of the molecule is CC(O)CN(CCNC1CCCCCCC1)C(=O)OC(C)(C)C. The fraction of sp³-hybridized carbons (Fsp3) is 0.944. The van der Waals surface area contributed by atoms with Crippen molar-refractivity contribution in [2.45, 2.75) is 90.4 Å². The Kier molecular flexibility index (Phi) is 8.92. The normalized spacial score (nSPS) is 18.8. The zero-order chi connectivity index (χ0) is 17.3. The highest BCUT2D eigenvalue weighted by Crippen LogP contribution is 2.17. The van der Waals surface area contributed by atoms with E-state index in [-0.39, 0.29) is 6.09 Å². The maximum absolute atomic E-state index is 12.2. The Balaban J connectivity index is 2.41. The monoisotopic (exact) mass is 328 g/mol. The Labute approximate surface area is 141 Å². The van der Waals surface area contributed by atoms with Crippen LogP contribution in [0.1, 0.15) is 72.6 Å². The summed E-state index contributed by atoms with van der Waals surface area (Å²) < 4.78 is 5.43. The molecule has 0 aromatic heterocycles. The third kappa shape index (κ3) is 9.82. The quantitative estimate of drug-likeness (QED) is 0.785. The molecular formula is C18H36N2O3. The Morgan fingerprint density at radius 2 is 1.78 bits per heavy atom. The molecule has 1 saturated carbocycles. The summed E-state index contributed by atoms with van der Waals surface area (Å²) in [5.74, 6) is 0. The van der Waals surface area contributed by atoms with Crippen LogP contribution in [0.2, 0.25) is 0 Å². The second-order valence-electron chi connectivity index (χ2n) is 7.77. The molecule has 1 atom stereocenters. The molecule has 0 heterocycles.